The third-order valence-electron chi connectivity index (χ3n) is 20.1. The highest BCUT2D eigenvalue weighted by Gasteiger charge is 2.44. The van der Waals surface area contributed by atoms with E-state index in [2.05, 4.69) is 42.2 Å². The number of thiazole rings is 1. The number of carbonyl (C=O) groups is 11. The minimum Gasteiger partial charge on any atom is -0.445 e. The van der Waals surface area contributed by atoms with Gasteiger partial charge in [-0.1, -0.05) is 104 Å². The van der Waals surface area contributed by atoms with Crippen LogP contribution in [0.1, 0.15) is 155 Å². The molecule has 9 N–H and O–H groups in total. The molecule has 3 aromatic rings. The van der Waals surface area contributed by atoms with E-state index >= 15 is 0 Å². The number of likely N-dealkylation sites (tertiary alicyclic amines) is 1. The van der Waals surface area contributed by atoms with Crippen LogP contribution in [0.15, 0.2) is 78.3 Å². The number of carbonyl (C=O) groups excluding carboxylic acids is 11. The van der Waals surface area contributed by atoms with Gasteiger partial charge in [0.2, 0.25) is 47.3 Å². The maximum atomic E-state index is 14.6. The summed E-state index contributed by atoms with van der Waals surface area (Å²) < 4.78 is 50.9. The van der Waals surface area contributed by atoms with Gasteiger partial charge in [-0.15, -0.1) is 11.3 Å². The largest absolute Gasteiger partial charge is 0.445 e. The summed E-state index contributed by atoms with van der Waals surface area (Å²) in [4.78, 5) is 155. The summed E-state index contributed by atoms with van der Waals surface area (Å²) in [5, 5.41) is 22.6. The molecule has 0 aliphatic carbocycles. The Balaban J connectivity index is 0.870. The molecule has 5 rings (SSSR count). The second-order valence-corrected chi connectivity index (χ2v) is 30.9. The number of nitrogens with zero attached hydrogens (tertiary/aromatic N) is 4. The van der Waals surface area contributed by atoms with Crippen LogP contribution in [-0.2, 0) is 104 Å². The fourth-order valence-electron chi connectivity index (χ4n) is 13.3. The SMILES string of the molecule is CCC(C)C(C(CC(=O)N1CCCC1C(OC)C(C)C(=O)NC(Cc1ccccc1)c1nccs1)OC)N(C)C(=O)C(NC(=O)C(C)(C)NC(=O)CCOCCOCCOCCOCCOCCOCCNC(=O)OCc1ccc(NC(=O)C(CCCN)NC(=O)C(NC(=O)CCCCCN2C(=O)C=CC2=O)C(C)C)cc1)C(C)C. The van der Waals surface area contributed by atoms with Crippen LogP contribution in [0.2, 0.25) is 0 Å². The van der Waals surface area contributed by atoms with Crippen molar-refractivity contribution in [3.63, 3.8) is 0 Å². The highest BCUT2D eigenvalue weighted by molar-refractivity contribution is 7.09. The van der Waals surface area contributed by atoms with Crippen LogP contribution < -0.4 is 43.0 Å². The first-order valence-electron chi connectivity index (χ1n) is 40.2. The number of hydrogen-bond acceptors (Lipinski definition) is 23. The number of nitrogens with one attached hydrogen (secondary N) is 7. The molecule has 2 aliphatic heterocycles. The Morgan fingerprint density at radius 2 is 1.28 bits per heavy atom. The van der Waals surface area contributed by atoms with E-state index in [-0.39, 0.29) is 144 Å². The number of anilines is 1. The maximum absolute atomic E-state index is 14.6. The van der Waals surface area contributed by atoms with Crippen LogP contribution in [0.25, 0.3) is 0 Å². The molecule has 10 unspecified atom stereocenters. The summed E-state index contributed by atoms with van der Waals surface area (Å²) in [7, 11) is 4.76. The molecule has 0 radical (unpaired) electrons. The molecule has 32 nitrogen and oxygen atoms in total. The van der Waals surface area contributed by atoms with Crippen LogP contribution >= 0.6 is 11.3 Å². The Morgan fingerprint density at radius 1 is 0.670 bits per heavy atom. The van der Waals surface area contributed by atoms with Gasteiger partial charge in [-0.3, -0.25) is 52.8 Å². The Hall–Kier alpha value is -8.38. The van der Waals surface area contributed by atoms with E-state index in [0.717, 1.165) is 21.9 Å². The lowest BCUT2D eigenvalue weighted by molar-refractivity contribution is -0.148. The molecule has 1 saturated heterocycles. The Bertz CT molecular complexity index is 3470. The van der Waals surface area contributed by atoms with Crippen molar-refractivity contribution < 1.29 is 95.4 Å². The summed E-state index contributed by atoms with van der Waals surface area (Å²) in [6.07, 6.45) is 7.19. The van der Waals surface area contributed by atoms with Gasteiger partial charge in [-0.2, -0.15) is 0 Å². The predicted octanol–water partition coefficient (Wildman–Crippen LogP) is 5.70. The molecule has 1 fully saturated rings. The Labute approximate surface area is 681 Å². The molecule has 0 spiro atoms. The monoisotopic (exact) mass is 1630 g/mol. The topological polar surface area (TPSA) is 404 Å². The van der Waals surface area contributed by atoms with Crippen molar-refractivity contribution in [3.8, 4) is 0 Å². The quantitative estimate of drug-likeness (QED) is 0.0248. The van der Waals surface area contributed by atoms with Crippen molar-refractivity contribution in [2.75, 3.05) is 132 Å². The highest BCUT2D eigenvalue weighted by atomic mass is 32.1. The van der Waals surface area contributed by atoms with E-state index < -0.39 is 77.6 Å². The summed E-state index contributed by atoms with van der Waals surface area (Å²) in [5.74, 6) is -5.16. The molecule has 642 valence electrons. The average Bonchev–Trinajstić information content (AvgIpc) is 1.79. The van der Waals surface area contributed by atoms with Crippen molar-refractivity contribution in [3.05, 3.63) is 94.5 Å². The van der Waals surface area contributed by atoms with Crippen LogP contribution in [0, 0.1) is 23.7 Å². The molecular weight excluding hydrogens is 1510 g/mol. The summed E-state index contributed by atoms with van der Waals surface area (Å²) in [5.41, 5.74) is 6.51. The summed E-state index contributed by atoms with van der Waals surface area (Å²) in [6, 6.07) is 12.4. The zero-order chi connectivity index (χ0) is 84.2. The molecule has 1 aromatic heterocycles. The number of benzene rings is 2. The average molecular weight is 1630 g/mol. The number of hydrogen-bond donors (Lipinski definition) is 8. The van der Waals surface area contributed by atoms with Gasteiger partial charge < -0.3 is 95.4 Å². The standard InChI is InChI=1S/C82H128N12O20S/c1-13-57(6)73(65(106-11)53-70(99)93-38-21-25-64(93)74(107-12)58(7)75(100)88-63(78-84-36-51-115-78)52-59-22-16-14-17-23-59)92(10)79(103)72(56(4)5)90-80(104)82(8,9)91-67(96)33-39-108-41-43-110-45-47-112-49-50-113-48-46-111-44-42-109-40-35-85-81(105)114-54-60-27-29-61(30-28-60)86-76(101)62(24-20-34-83)87-77(102)71(55(2)3)89-66(95)26-18-15-19-37-94-68(97)31-32-69(94)98/h14,16-17,22-23,27-32,36,51,55-58,62-65,71-74H,13,15,18-21,24-26,33-35,37-50,52-54,83H2,1-12H3,(H,85,105)(H,86,101)(H,87,102)(H,88,100)(H,89,95)(H,90,104)(H,91,96). The molecule has 2 aromatic carbocycles. The third-order valence-corrected chi connectivity index (χ3v) is 21.0. The molecule has 33 heteroatoms. The number of unbranched alkanes of at least 4 members (excludes halogenated alkanes) is 2. The number of imide groups is 1. The number of aromatic nitrogens is 1. The minimum atomic E-state index is -1.41. The molecule has 2 aliphatic rings. The third kappa shape index (κ3) is 34.4. The minimum absolute atomic E-state index is 0.0294. The molecule has 115 heavy (non-hydrogen) atoms. The first-order chi connectivity index (χ1) is 55.1. The van der Waals surface area contributed by atoms with Crippen LogP contribution in [0.5, 0.6) is 0 Å². The van der Waals surface area contributed by atoms with Gasteiger partial charge in [0.05, 0.1) is 122 Å². The molecule has 3 heterocycles. The van der Waals surface area contributed by atoms with Gasteiger partial charge >= 0.3 is 6.09 Å². The van der Waals surface area contributed by atoms with Crippen LogP contribution in [0.4, 0.5) is 10.5 Å². The molecule has 0 bridgehead atoms. The number of amides is 11. The van der Waals surface area contributed by atoms with E-state index in [0.29, 0.717) is 116 Å². The van der Waals surface area contributed by atoms with E-state index in [4.69, 9.17) is 48.4 Å². The highest BCUT2D eigenvalue weighted by Crippen LogP contribution is 2.31. The van der Waals surface area contributed by atoms with Crippen LogP contribution in [-0.4, -0.2) is 260 Å². The van der Waals surface area contributed by atoms with Crippen molar-refractivity contribution in [2.45, 2.75) is 200 Å². The van der Waals surface area contributed by atoms with Crippen molar-refractivity contribution in [2.24, 2.45) is 29.4 Å². The van der Waals surface area contributed by atoms with E-state index in [1.54, 1.807) is 82.1 Å². The van der Waals surface area contributed by atoms with E-state index in [1.165, 1.54) is 30.6 Å². The van der Waals surface area contributed by atoms with Gasteiger partial charge in [-0.05, 0) is 106 Å². The fourth-order valence-corrected chi connectivity index (χ4v) is 14.0. The normalized spacial score (nSPS) is 15.9. The lowest BCUT2D eigenvalue weighted by Gasteiger charge is -2.41. The number of ether oxygens (including phenoxy) is 9. The van der Waals surface area contributed by atoms with E-state index in [9.17, 15) is 52.7 Å². The van der Waals surface area contributed by atoms with Crippen molar-refractivity contribution in [1.29, 1.82) is 0 Å². The molecule has 11 amide bonds. The summed E-state index contributed by atoms with van der Waals surface area (Å²) >= 11 is 1.48. The summed E-state index contributed by atoms with van der Waals surface area (Å²) in [6.45, 7) is 20.8. The van der Waals surface area contributed by atoms with Gasteiger partial charge in [0.1, 0.15) is 35.3 Å². The van der Waals surface area contributed by atoms with Gasteiger partial charge in [0.25, 0.3) is 11.8 Å². The predicted molar refractivity (Wildman–Crippen MR) is 432 cm³/mol. The molecular formula is C82H128N12O20S. The first-order valence-corrected chi connectivity index (χ1v) is 41.1. The van der Waals surface area contributed by atoms with E-state index in [1.807, 2.05) is 70.3 Å². The maximum Gasteiger partial charge on any atom is 0.407 e. The number of methoxy groups -OCH3 is 2. The Kier molecular flexibility index (Phi) is 44.8. The second kappa shape index (κ2) is 53.0. The zero-order valence-corrected chi connectivity index (χ0v) is 70.2. The van der Waals surface area contributed by atoms with Crippen molar-refractivity contribution in [1.82, 2.24) is 51.6 Å². The van der Waals surface area contributed by atoms with Gasteiger partial charge in [0, 0.05) is 83.2 Å². The number of alkyl carbamates (subject to hydrolysis) is 1. The smallest absolute Gasteiger partial charge is 0.407 e. The lowest BCUT2D eigenvalue weighted by Crippen LogP contribution is -2.62. The fraction of sp³-hybridized carbons (Fsp3) is 0.659. The Morgan fingerprint density at radius 3 is 1.84 bits per heavy atom. The number of rotatable bonds is 58. The van der Waals surface area contributed by atoms with Gasteiger partial charge in [0.15, 0.2) is 0 Å². The lowest BCUT2D eigenvalue weighted by atomic mass is 9.89. The van der Waals surface area contributed by atoms with Crippen molar-refractivity contribution >= 4 is 82.2 Å². The second-order valence-electron chi connectivity index (χ2n) is 29.9. The number of likely N-dealkylation sites (N-methyl/N-ethyl adjacent to an activating group) is 1. The molecule has 10 atom stereocenters. The molecule has 0 saturated carbocycles. The number of nitrogens with two attached hydrogens (primary N) is 1. The zero-order valence-electron chi connectivity index (χ0n) is 69.4. The van der Waals surface area contributed by atoms with Crippen LogP contribution in [0.3, 0.4) is 0 Å². The first kappa shape index (κ1) is 97.2. The van der Waals surface area contributed by atoms with Gasteiger partial charge in [-0.25, -0.2) is 9.78 Å².